The summed E-state index contributed by atoms with van der Waals surface area (Å²) in [5, 5.41) is 2.22. The van der Waals surface area contributed by atoms with Gasteiger partial charge in [0.25, 0.3) is 0 Å². The number of benzene rings is 2. The second-order valence-corrected chi connectivity index (χ2v) is 7.38. The van der Waals surface area contributed by atoms with Crippen LogP contribution in [0, 0.1) is 11.6 Å². The largest absolute Gasteiger partial charge is 0.486 e. The molecule has 1 heterocycles. The number of thioether (sulfide) groups is 1. The molecule has 1 atom stereocenters. The minimum Gasteiger partial charge on any atom is -0.486 e. The first kappa shape index (κ1) is 18.8. The summed E-state index contributed by atoms with van der Waals surface area (Å²) in [6, 6.07) is 6.99. The van der Waals surface area contributed by atoms with E-state index in [4.69, 9.17) is 21.1 Å². The maximum absolute atomic E-state index is 13.6. The van der Waals surface area contributed by atoms with Gasteiger partial charge in [-0.15, -0.1) is 11.8 Å². The summed E-state index contributed by atoms with van der Waals surface area (Å²) in [6.45, 7) is 2.57. The minimum absolute atomic E-state index is 0.438. The van der Waals surface area contributed by atoms with E-state index in [-0.39, 0.29) is 0 Å². The third-order valence-corrected chi connectivity index (χ3v) is 5.23. The van der Waals surface area contributed by atoms with E-state index < -0.39 is 28.5 Å². The van der Waals surface area contributed by atoms with E-state index in [0.717, 1.165) is 17.7 Å². The summed E-state index contributed by atoms with van der Waals surface area (Å²) in [4.78, 5) is 12.2. The predicted octanol–water partition coefficient (Wildman–Crippen LogP) is 4.65. The van der Waals surface area contributed by atoms with Crippen LogP contribution in [-0.4, -0.2) is 24.4 Å². The Morgan fingerprint density at radius 1 is 1.27 bits per heavy atom. The van der Waals surface area contributed by atoms with Gasteiger partial charge in [0.1, 0.15) is 30.5 Å². The summed E-state index contributed by atoms with van der Waals surface area (Å²) in [6.07, 6.45) is 0. The first-order valence-electron chi connectivity index (χ1n) is 7.90. The molecule has 0 fully saturated rings. The zero-order valence-corrected chi connectivity index (χ0v) is 15.4. The fourth-order valence-electron chi connectivity index (χ4n) is 2.39. The molecule has 2 aromatic rings. The molecule has 26 heavy (non-hydrogen) atoms. The lowest BCUT2D eigenvalue weighted by Crippen LogP contribution is -2.23. The highest BCUT2D eigenvalue weighted by Gasteiger charge is 2.20. The number of fused-ring (bicyclic) bond motifs is 1. The van der Waals surface area contributed by atoms with Crippen molar-refractivity contribution in [1.29, 1.82) is 0 Å². The van der Waals surface area contributed by atoms with Crippen LogP contribution in [0.15, 0.2) is 30.3 Å². The molecule has 2 aromatic carbocycles. The molecule has 0 saturated carbocycles. The number of amides is 1. The van der Waals surface area contributed by atoms with E-state index in [9.17, 15) is 13.6 Å². The maximum atomic E-state index is 13.6. The average molecular weight is 400 g/mol. The number of para-hydroxylation sites is 1. The number of rotatable bonds is 5. The van der Waals surface area contributed by atoms with Gasteiger partial charge in [-0.1, -0.05) is 17.7 Å². The summed E-state index contributed by atoms with van der Waals surface area (Å²) in [7, 11) is 0. The van der Waals surface area contributed by atoms with Crippen LogP contribution in [-0.2, 0) is 10.5 Å². The molecule has 1 aliphatic rings. The first-order valence-corrected chi connectivity index (χ1v) is 9.33. The monoisotopic (exact) mass is 399 g/mol. The Balaban J connectivity index is 1.62. The summed E-state index contributed by atoms with van der Waals surface area (Å²) in [5.41, 5.74) is 0.424. The van der Waals surface area contributed by atoms with Gasteiger partial charge < -0.3 is 14.8 Å². The number of hydrogen-bond donors (Lipinski definition) is 1. The highest BCUT2D eigenvalue weighted by molar-refractivity contribution is 7.99. The SMILES string of the molecule is CC(SCc1cc(Cl)c2c(c1)OCCO2)C(=O)Nc1c(F)cccc1F. The van der Waals surface area contributed by atoms with Crippen molar-refractivity contribution in [1.82, 2.24) is 0 Å². The third-order valence-electron chi connectivity index (χ3n) is 3.74. The van der Waals surface area contributed by atoms with Crippen molar-refractivity contribution in [2.75, 3.05) is 18.5 Å². The summed E-state index contributed by atoms with van der Waals surface area (Å²) >= 11 is 7.51. The van der Waals surface area contributed by atoms with Crippen molar-refractivity contribution in [3.63, 3.8) is 0 Å². The minimum atomic E-state index is -0.811. The fourth-order valence-corrected chi connectivity index (χ4v) is 3.49. The molecular formula is C18H16ClF2NO3S. The Kier molecular flexibility index (Phi) is 5.88. The highest BCUT2D eigenvalue weighted by atomic mass is 35.5. The van der Waals surface area contributed by atoms with Gasteiger partial charge in [0.2, 0.25) is 5.91 Å². The van der Waals surface area contributed by atoms with Crippen molar-refractivity contribution in [3.8, 4) is 11.5 Å². The summed E-state index contributed by atoms with van der Waals surface area (Å²) in [5.74, 6) is -0.534. The second-order valence-electron chi connectivity index (χ2n) is 5.64. The van der Waals surface area contributed by atoms with Gasteiger partial charge in [-0.05, 0) is 36.8 Å². The van der Waals surface area contributed by atoms with Crippen LogP contribution >= 0.6 is 23.4 Å². The lowest BCUT2D eigenvalue weighted by molar-refractivity contribution is -0.115. The first-order chi connectivity index (χ1) is 12.5. The summed E-state index contributed by atoms with van der Waals surface area (Å²) < 4.78 is 38.2. The molecule has 0 saturated heterocycles. The van der Waals surface area contributed by atoms with Crippen LogP contribution in [0.3, 0.4) is 0 Å². The molecule has 3 rings (SSSR count). The molecule has 4 nitrogen and oxygen atoms in total. The van der Waals surface area contributed by atoms with Crippen LogP contribution in [0.2, 0.25) is 5.02 Å². The quantitative estimate of drug-likeness (QED) is 0.795. The Labute approximate surface area is 158 Å². The number of nitrogens with one attached hydrogen (secondary N) is 1. The molecule has 1 unspecified atom stereocenters. The molecule has 1 N–H and O–H groups in total. The van der Waals surface area contributed by atoms with Gasteiger partial charge in [-0.3, -0.25) is 4.79 Å². The topological polar surface area (TPSA) is 47.6 Å². The zero-order chi connectivity index (χ0) is 18.7. The van der Waals surface area contributed by atoms with Crippen LogP contribution in [0.4, 0.5) is 14.5 Å². The molecule has 1 amide bonds. The van der Waals surface area contributed by atoms with E-state index in [2.05, 4.69) is 5.32 Å². The van der Waals surface area contributed by atoms with Crippen LogP contribution < -0.4 is 14.8 Å². The van der Waals surface area contributed by atoms with Crippen molar-refractivity contribution < 1.29 is 23.0 Å². The molecule has 0 radical (unpaired) electrons. The zero-order valence-electron chi connectivity index (χ0n) is 13.9. The third kappa shape index (κ3) is 4.22. The second kappa shape index (κ2) is 8.14. The number of carbonyl (C=O) groups is 1. The van der Waals surface area contributed by atoms with Crippen LogP contribution in [0.5, 0.6) is 11.5 Å². The average Bonchev–Trinajstić information content (AvgIpc) is 2.62. The molecule has 0 aromatic heterocycles. The smallest absolute Gasteiger partial charge is 0.237 e. The Morgan fingerprint density at radius 2 is 1.96 bits per heavy atom. The van der Waals surface area contributed by atoms with E-state index in [0.29, 0.717) is 35.5 Å². The standard InChI is InChI=1S/C18H16ClF2NO3S/c1-10(18(23)22-16-13(20)3-2-4-14(16)21)26-9-11-7-12(19)17-15(8-11)24-5-6-25-17/h2-4,7-8,10H,5-6,9H2,1H3,(H,22,23). The Morgan fingerprint density at radius 3 is 2.69 bits per heavy atom. The molecule has 0 bridgehead atoms. The van der Waals surface area contributed by atoms with Gasteiger partial charge in [0, 0.05) is 5.75 Å². The number of ether oxygens (including phenoxy) is 2. The molecular weight excluding hydrogens is 384 g/mol. The van der Waals surface area contributed by atoms with Gasteiger partial charge in [0.15, 0.2) is 11.5 Å². The maximum Gasteiger partial charge on any atom is 0.237 e. The van der Waals surface area contributed by atoms with Crippen molar-refractivity contribution in [2.24, 2.45) is 0 Å². The van der Waals surface area contributed by atoms with Gasteiger partial charge in [-0.2, -0.15) is 0 Å². The van der Waals surface area contributed by atoms with E-state index in [1.807, 2.05) is 6.07 Å². The van der Waals surface area contributed by atoms with Gasteiger partial charge in [0.05, 0.1) is 10.3 Å². The number of anilines is 1. The lowest BCUT2D eigenvalue weighted by atomic mass is 10.2. The molecule has 0 spiro atoms. The molecule has 0 aliphatic carbocycles. The van der Waals surface area contributed by atoms with Gasteiger partial charge in [-0.25, -0.2) is 8.78 Å². The van der Waals surface area contributed by atoms with Crippen LogP contribution in [0.1, 0.15) is 12.5 Å². The number of hydrogen-bond acceptors (Lipinski definition) is 4. The van der Waals surface area contributed by atoms with E-state index >= 15 is 0 Å². The normalized spacial score (nSPS) is 14.0. The fraction of sp³-hybridized carbons (Fsp3) is 0.278. The van der Waals surface area contributed by atoms with Gasteiger partial charge >= 0.3 is 0 Å². The van der Waals surface area contributed by atoms with Crippen molar-refractivity contribution in [2.45, 2.75) is 17.9 Å². The number of carbonyl (C=O) groups excluding carboxylic acids is 1. The Hall–Kier alpha value is -1.99. The highest BCUT2D eigenvalue weighted by Crippen LogP contribution is 2.39. The van der Waals surface area contributed by atoms with E-state index in [1.165, 1.54) is 17.8 Å². The Bertz CT molecular complexity index is 814. The molecule has 1 aliphatic heterocycles. The number of halogens is 3. The molecule has 8 heteroatoms. The van der Waals surface area contributed by atoms with Crippen molar-refractivity contribution in [3.05, 3.63) is 52.6 Å². The van der Waals surface area contributed by atoms with E-state index in [1.54, 1.807) is 13.0 Å². The van der Waals surface area contributed by atoms with Crippen LogP contribution in [0.25, 0.3) is 0 Å². The molecule has 138 valence electrons. The lowest BCUT2D eigenvalue weighted by Gasteiger charge is -2.20. The predicted molar refractivity (Wildman–Crippen MR) is 98.2 cm³/mol. The van der Waals surface area contributed by atoms with Crippen molar-refractivity contribution >= 4 is 35.0 Å².